The highest BCUT2D eigenvalue weighted by Gasteiger charge is 2.35. The van der Waals surface area contributed by atoms with Crippen LogP contribution in [0, 0.1) is 0 Å². The van der Waals surface area contributed by atoms with Crippen molar-refractivity contribution in [2.75, 3.05) is 26.1 Å². The Morgan fingerprint density at radius 1 is 1.00 bits per heavy atom. The van der Waals surface area contributed by atoms with Crippen molar-refractivity contribution in [2.24, 2.45) is 0 Å². The van der Waals surface area contributed by atoms with Crippen molar-refractivity contribution in [3.8, 4) is 28.4 Å². The number of halogens is 2. The van der Waals surface area contributed by atoms with Crippen LogP contribution in [0.1, 0.15) is 23.2 Å². The second-order valence-corrected chi connectivity index (χ2v) is 9.93. The van der Waals surface area contributed by atoms with Crippen LogP contribution in [0.3, 0.4) is 0 Å². The number of aromatic nitrogens is 2. The molecule has 200 valence electrons. The minimum Gasteiger partial charge on any atom is -0.497 e. The molecule has 8 nitrogen and oxygen atoms in total. The van der Waals surface area contributed by atoms with Gasteiger partial charge in [0.1, 0.15) is 18.0 Å². The van der Waals surface area contributed by atoms with Crippen LogP contribution in [0.5, 0.6) is 11.5 Å². The average Bonchev–Trinajstić information content (AvgIpc) is 3.71. The van der Waals surface area contributed by atoms with Gasteiger partial charge in [0, 0.05) is 41.0 Å². The zero-order valence-electron chi connectivity index (χ0n) is 21.4. The molecule has 0 atom stereocenters. The molecule has 1 aromatic heterocycles. The molecular weight excluding hydrogens is 539 g/mol. The number of nitrogens with zero attached hydrogens (tertiary/aromatic N) is 3. The predicted molar refractivity (Wildman–Crippen MR) is 151 cm³/mol. The van der Waals surface area contributed by atoms with Crippen LogP contribution in [-0.2, 0) is 4.79 Å². The molecule has 0 radical (unpaired) electrons. The quantitative estimate of drug-likeness (QED) is 0.265. The van der Waals surface area contributed by atoms with E-state index in [4.69, 9.17) is 37.7 Å². The molecule has 0 bridgehead atoms. The number of carbonyl (C=O) groups is 2. The molecular formula is C29H26Cl2N4O4. The normalized spacial score (nSPS) is 12.6. The van der Waals surface area contributed by atoms with E-state index in [2.05, 4.69) is 5.32 Å². The lowest BCUT2D eigenvalue weighted by atomic mass is 10.2. The summed E-state index contributed by atoms with van der Waals surface area (Å²) in [7, 11) is 3.13. The summed E-state index contributed by atoms with van der Waals surface area (Å²) in [4.78, 5) is 32.9. The number of benzene rings is 3. The molecule has 1 N–H and O–H groups in total. The number of hydrogen-bond donors (Lipinski definition) is 1. The predicted octanol–water partition coefficient (Wildman–Crippen LogP) is 6.11. The standard InChI is InChI=1S/C29H26Cl2N4O4/c1-38-22-13-21(14-23(15-22)39-2)35-16-26(18-7-9-19(30)10-8-18)32-29(35)33-27(36)17-34(20-11-12-20)28(37)24-5-3-4-6-25(24)31/h3-10,13-16,20H,11-12,17H2,1-2H3,(H,32,33,36). The van der Waals surface area contributed by atoms with Gasteiger partial charge >= 0.3 is 0 Å². The Morgan fingerprint density at radius 3 is 2.28 bits per heavy atom. The second-order valence-electron chi connectivity index (χ2n) is 9.09. The highest BCUT2D eigenvalue weighted by Crippen LogP contribution is 2.32. The van der Waals surface area contributed by atoms with Crippen LogP contribution < -0.4 is 14.8 Å². The van der Waals surface area contributed by atoms with Gasteiger partial charge in [-0.15, -0.1) is 0 Å². The monoisotopic (exact) mass is 564 g/mol. The summed E-state index contributed by atoms with van der Waals surface area (Å²) < 4.78 is 12.6. The van der Waals surface area contributed by atoms with E-state index in [9.17, 15) is 9.59 Å². The van der Waals surface area contributed by atoms with Crippen molar-refractivity contribution >= 4 is 41.0 Å². The Balaban J connectivity index is 1.47. The molecule has 0 spiro atoms. The summed E-state index contributed by atoms with van der Waals surface area (Å²) in [5.74, 6) is 0.774. The first-order valence-corrected chi connectivity index (χ1v) is 13.1. The number of ether oxygens (including phenoxy) is 2. The molecule has 1 aliphatic carbocycles. The molecule has 0 unspecified atom stereocenters. The van der Waals surface area contributed by atoms with E-state index in [0.29, 0.717) is 38.5 Å². The van der Waals surface area contributed by atoms with E-state index in [0.717, 1.165) is 18.4 Å². The third-order valence-electron chi connectivity index (χ3n) is 6.38. The smallest absolute Gasteiger partial charge is 0.256 e. The van der Waals surface area contributed by atoms with Gasteiger partial charge < -0.3 is 14.4 Å². The molecule has 1 aliphatic rings. The number of nitrogens with one attached hydrogen (secondary N) is 1. The zero-order valence-corrected chi connectivity index (χ0v) is 22.9. The van der Waals surface area contributed by atoms with Crippen LogP contribution in [-0.4, -0.2) is 53.1 Å². The fourth-order valence-corrected chi connectivity index (χ4v) is 4.56. The maximum Gasteiger partial charge on any atom is 0.256 e. The lowest BCUT2D eigenvalue weighted by Crippen LogP contribution is -2.40. The minimum atomic E-state index is -0.383. The van der Waals surface area contributed by atoms with Gasteiger partial charge in [0.2, 0.25) is 11.9 Å². The number of amides is 2. The van der Waals surface area contributed by atoms with Crippen LogP contribution >= 0.6 is 23.2 Å². The Labute approximate surface area is 236 Å². The van der Waals surface area contributed by atoms with E-state index >= 15 is 0 Å². The largest absolute Gasteiger partial charge is 0.497 e. The average molecular weight is 565 g/mol. The van der Waals surface area contributed by atoms with E-state index in [1.807, 2.05) is 24.3 Å². The van der Waals surface area contributed by atoms with E-state index in [1.165, 1.54) is 0 Å². The summed E-state index contributed by atoms with van der Waals surface area (Å²) in [6.45, 7) is -0.140. The molecule has 3 aromatic carbocycles. The Morgan fingerprint density at radius 2 is 1.67 bits per heavy atom. The van der Waals surface area contributed by atoms with Crippen molar-refractivity contribution in [1.82, 2.24) is 14.5 Å². The van der Waals surface area contributed by atoms with Gasteiger partial charge in [-0.1, -0.05) is 47.5 Å². The summed E-state index contributed by atoms with van der Waals surface area (Å²) in [6, 6.07) is 19.5. The Kier molecular flexibility index (Phi) is 7.77. The van der Waals surface area contributed by atoms with Gasteiger partial charge in [-0.05, 0) is 37.1 Å². The van der Waals surface area contributed by atoms with Gasteiger partial charge in [0.25, 0.3) is 5.91 Å². The maximum absolute atomic E-state index is 13.3. The van der Waals surface area contributed by atoms with Crippen molar-refractivity contribution in [3.05, 3.63) is 88.5 Å². The first kappa shape index (κ1) is 26.6. The Hall–Kier alpha value is -4.01. The molecule has 1 saturated carbocycles. The third-order valence-corrected chi connectivity index (χ3v) is 6.96. The lowest BCUT2D eigenvalue weighted by molar-refractivity contribution is -0.117. The van der Waals surface area contributed by atoms with Crippen molar-refractivity contribution < 1.29 is 19.1 Å². The summed E-state index contributed by atoms with van der Waals surface area (Å²) in [5.41, 5.74) is 2.47. The number of imidazole rings is 1. The molecule has 0 aliphatic heterocycles. The second kappa shape index (κ2) is 11.4. The first-order chi connectivity index (χ1) is 18.9. The van der Waals surface area contributed by atoms with Gasteiger partial charge in [0.15, 0.2) is 0 Å². The van der Waals surface area contributed by atoms with Gasteiger partial charge in [-0.25, -0.2) is 4.98 Å². The molecule has 39 heavy (non-hydrogen) atoms. The Bertz CT molecular complexity index is 1490. The molecule has 1 fully saturated rings. The molecule has 10 heteroatoms. The van der Waals surface area contributed by atoms with Gasteiger partial charge in [-0.3, -0.25) is 19.5 Å². The van der Waals surface area contributed by atoms with E-state index in [-0.39, 0.29) is 30.3 Å². The molecule has 1 heterocycles. The van der Waals surface area contributed by atoms with Crippen molar-refractivity contribution in [3.63, 3.8) is 0 Å². The van der Waals surface area contributed by atoms with Crippen molar-refractivity contribution in [2.45, 2.75) is 18.9 Å². The summed E-state index contributed by atoms with van der Waals surface area (Å²) in [5, 5.41) is 3.85. The molecule has 5 rings (SSSR count). The van der Waals surface area contributed by atoms with Crippen LogP contribution in [0.2, 0.25) is 10.0 Å². The van der Waals surface area contributed by atoms with E-state index < -0.39 is 0 Å². The van der Waals surface area contributed by atoms with Gasteiger partial charge in [0.05, 0.1) is 36.2 Å². The van der Waals surface area contributed by atoms with Crippen LogP contribution in [0.4, 0.5) is 5.95 Å². The number of methoxy groups -OCH3 is 2. The molecule has 2 amide bonds. The van der Waals surface area contributed by atoms with Crippen molar-refractivity contribution in [1.29, 1.82) is 0 Å². The van der Waals surface area contributed by atoms with Gasteiger partial charge in [-0.2, -0.15) is 0 Å². The summed E-state index contributed by atoms with van der Waals surface area (Å²) >= 11 is 12.3. The zero-order chi connectivity index (χ0) is 27.5. The highest BCUT2D eigenvalue weighted by atomic mass is 35.5. The van der Waals surface area contributed by atoms with Crippen LogP contribution in [0.25, 0.3) is 16.9 Å². The number of rotatable bonds is 9. The number of hydrogen-bond acceptors (Lipinski definition) is 5. The fourth-order valence-electron chi connectivity index (χ4n) is 4.22. The van der Waals surface area contributed by atoms with Crippen LogP contribution in [0.15, 0.2) is 72.9 Å². The highest BCUT2D eigenvalue weighted by molar-refractivity contribution is 6.33. The van der Waals surface area contributed by atoms with E-state index in [1.54, 1.807) is 72.3 Å². The molecule has 0 saturated heterocycles. The molecule has 4 aromatic rings. The summed E-state index contributed by atoms with van der Waals surface area (Å²) in [6.07, 6.45) is 3.48. The minimum absolute atomic E-state index is 0.00783. The lowest BCUT2D eigenvalue weighted by Gasteiger charge is -2.22. The maximum atomic E-state index is 13.3. The third kappa shape index (κ3) is 6.02. The topological polar surface area (TPSA) is 85.7 Å². The first-order valence-electron chi connectivity index (χ1n) is 12.3. The fraction of sp³-hybridized carbons (Fsp3) is 0.207. The number of anilines is 1. The SMILES string of the molecule is COc1cc(OC)cc(-n2cc(-c3ccc(Cl)cc3)nc2NC(=O)CN(C(=O)c2ccccc2Cl)C2CC2)c1. The number of carbonyl (C=O) groups excluding carboxylic acids is 2.